The number of nitrogens with one attached hydrogen (secondary N) is 1. The monoisotopic (exact) mass is 450 g/mol. The Balaban J connectivity index is 1.29. The lowest BCUT2D eigenvalue weighted by atomic mass is 9.62. The lowest BCUT2D eigenvalue weighted by Gasteiger charge is -2.59. The first kappa shape index (κ1) is 20.7. The Bertz CT molecular complexity index is 1370. The van der Waals surface area contributed by atoms with Crippen LogP contribution in [0, 0.1) is 12.8 Å². The van der Waals surface area contributed by atoms with Crippen LogP contribution in [0.25, 0.3) is 22.2 Å². The lowest BCUT2D eigenvalue weighted by molar-refractivity contribution is -0.0490. The summed E-state index contributed by atoms with van der Waals surface area (Å²) in [6.45, 7) is 3.31. The number of rotatable bonds is 5. The zero-order chi connectivity index (χ0) is 23.1. The first-order valence-electron chi connectivity index (χ1n) is 11.8. The molecule has 3 fully saturated rings. The number of hydrogen-bond donors (Lipinski definition) is 1. The van der Waals surface area contributed by atoms with Crippen LogP contribution in [0.3, 0.4) is 0 Å². The summed E-state index contributed by atoms with van der Waals surface area (Å²) >= 11 is 0. The molecule has 170 valence electrons. The van der Waals surface area contributed by atoms with Crippen molar-refractivity contribution in [1.82, 2.24) is 24.8 Å². The van der Waals surface area contributed by atoms with Crippen molar-refractivity contribution in [3.05, 3.63) is 78.5 Å². The normalized spacial score (nSPS) is 21.2. The van der Waals surface area contributed by atoms with Crippen molar-refractivity contribution >= 4 is 22.5 Å². The topological polar surface area (TPSA) is 83.9 Å². The standard InChI is InChI=1S/C27H26N6O/c1-18-7-8-22(25-28-10-4-11-29-25)24(32-18)26(34)33-12-9-19-14-27(33,15-19)17-31-23-13-20-5-2-3-6-21(20)16-30-23/h2-8,10-11,13,16,19H,9,12,14-15,17H2,1H3,(H,30,31). The van der Waals surface area contributed by atoms with Crippen LogP contribution in [0.2, 0.25) is 0 Å². The van der Waals surface area contributed by atoms with E-state index >= 15 is 0 Å². The van der Waals surface area contributed by atoms with E-state index in [-0.39, 0.29) is 11.4 Å². The highest BCUT2D eigenvalue weighted by molar-refractivity contribution is 5.99. The van der Waals surface area contributed by atoms with Crippen LogP contribution in [-0.2, 0) is 0 Å². The number of fused-ring (bicyclic) bond motifs is 3. The highest BCUT2D eigenvalue weighted by Gasteiger charge is 2.54. The molecule has 1 N–H and O–H groups in total. The van der Waals surface area contributed by atoms with E-state index in [4.69, 9.17) is 0 Å². The SMILES string of the molecule is Cc1ccc(-c2ncccn2)c(C(=O)N2CCC3CC2(CNc2cc4ccccc4cn2)C3)n1. The predicted octanol–water partition coefficient (Wildman–Crippen LogP) is 4.50. The summed E-state index contributed by atoms with van der Waals surface area (Å²) in [5.74, 6) is 1.99. The number of aromatic nitrogens is 4. The van der Waals surface area contributed by atoms with Gasteiger partial charge in [-0.3, -0.25) is 4.79 Å². The number of benzene rings is 1. The van der Waals surface area contributed by atoms with Crippen molar-refractivity contribution in [3.8, 4) is 11.4 Å². The number of pyridine rings is 2. The fourth-order valence-corrected chi connectivity index (χ4v) is 5.45. The third-order valence-electron chi connectivity index (χ3n) is 7.19. The van der Waals surface area contributed by atoms with Gasteiger partial charge in [-0.2, -0.15) is 0 Å². The van der Waals surface area contributed by atoms with Crippen LogP contribution < -0.4 is 5.32 Å². The molecule has 7 rings (SSSR count). The Morgan fingerprint density at radius 3 is 2.68 bits per heavy atom. The van der Waals surface area contributed by atoms with Gasteiger partial charge in [0, 0.05) is 42.8 Å². The fourth-order valence-electron chi connectivity index (χ4n) is 5.45. The van der Waals surface area contributed by atoms with Crippen LogP contribution in [0.4, 0.5) is 5.82 Å². The van der Waals surface area contributed by atoms with Gasteiger partial charge in [0.15, 0.2) is 5.82 Å². The van der Waals surface area contributed by atoms with Crippen LogP contribution in [0.5, 0.6) is 0 Å². The highest BCUT2D eigenvalue weighted by atomic mass is 16.2. The van der Waals surface area contributed by atoms with Crippen molar-refractivity contribution in [1.29, 1.82) is 0 Å². The average Bonchev–Trinajstić information content (AvgIpc) is 2.87. The maximum atomic E-state index is 13.9. The molecule has 3 aromatic heterocycles. The summed E-state index contributed by atoms with van der Waals surface area (Å²) in [6.07, 6.45) is 8.31. The van der Waals surface area contributed by atoms with E-state index < -0.39 is 0 Å². The summed E-state index contributed by atoms with van der Waals surface area (Å²) in [5.41, 5.74) is 1.68. The van der Waals surface area contributed by atoms with Gasteiger partial charge in [-0.05, 0) is 61.8 Å². The van der Waals surface area contributed by atoms with Gasteiger partial charge in [-0.25, -0.2) is 19.9 Å². The van der Waals surface area contributed by atoms with Crippen molar-refractivity contribution < 1.29 is 4.79 Å². The molecule has 2 aliphatic heterocycles. The molecule has 7 heteroatoms. The number of piperidine rings is 2. The average molecular weight is 451 g/mol. The number of amides is 1. The molecule has 34 heavy (non-hydrogen) atoms. The third-order valence-corrected chi connectivity index (χ3v) is 7.19. The largest absolute Gasteiger partial charge is 0.368 e. The molecular formula is C27H26N6O. The van der Waals surface area contributed by atoms with Gasteiger partial charge >= 0.3 is 0 Å². The van der Waals surface area contributed by atoms with Gasteiger partial charge in [0.1, 0.15) is 11.5 Å². The van der Waals surface area contributed by atoms with Gasteiger partial charge in [0.05, 0.1) is 11.1 Å². The van der Waals surface area contributed by atoms with E-state index in [1.54, 1.807) is 18.5 Å². The molecule has 2 bridgehead atoms. The molecule has 1 saturated carbocycles. The number of anilines is 1. The van der Waals surface area contributed by atoms with E-state index in [9.17, 15) is 4.79 Å². The molecule has 1 aromatic carbocycles. The zero-order valence-electron chi connectivity index (χ0n) is 19.1. The highest BCUT2D eigenvalue weighted by Crippen LogP contribution is 2.49. The van der Waals surface area contributed by atoms with Crippen molar-refractivity contribution in [2.45, 2.75) is 31.7 Å². The quantitative estimate of drug-likeness (QED) is 0.482. The smallest absolute Gasteiger partial charge is 0.273 e. The van der Waals surface area contributed by atoms with Gasteiger partial charge < -0.3 is 10.2 Å². The summed E-state index contributed by atoms with van der Waals surface area (Å²) in [6, 6.07) is 15.9. The van der Waals surface area contributed by atoms with Crippen LogP contribution in [0.15, 0.2) is 67.1 Å². The molecule has 1 aliphatic carbocycles. The van der Waals surface area contributed by atoms with Crippen molar-refractivity contribution in [3.63, 3.8) is 0 Å². The van der Waals surface area contributed by atoms with E-state index in [1.807, 2.05) is 42.3 Å². The minimum atomic E-state index is -0.229. The van der Waals surface area contributed by atoms with Gasteiger partial charge in [0.25, 0.3) is 5.91 Å². The summed E-state index contributed by atoms with van der Waals surface area (Å²) < 4.78 is 0. The van der Waals surface area contributed by atoms with Gasteiger partial charge in [-0.15, -0.1) is 0 Å². The second kappa shape index (κ2) is 8.17. The summed E-state index contributed by atoms with van der Waals surface area (Å²) in [4.78, 5) is 34.0. The molecule has 4 aromatic rings. The fraction of sp³-hybridized carbons (Fsp3) is 0.296. The molecule has 0 spiro atoms. The Labute approximate surface area is 198 Å². The van der Waals surface area contributed by atoms with Crippen LogP contribution in [-0.4, -0.2) is 49.4 Å². The minimum Gasteiger partial charge on any atom is -0.368 e. The van der Waals surface area contributed by atoms with Gasteiger partial charge in [0.2, 0.25) is 0 Å². The predicted molar refractivity (Wildman–Crippen MR) is 131 cm³/mol. The molecule has 5 heterocycles. The van der Waals surface area contributed by atoms with Crippen molar-refractivity contribution in [2.75, 3.05) is 18.4 Å². The number of carbonyl (C=O) groups excluding carboxylic acids is 1. The first-order valence-corrected chi connectivity index (χ1v) is 11.8. The molecule has 0 atom stereocenters. The second-order valence-corrected chi connectivity index (χ2v) is 9.44. The summed E-state index contributed by atoms with van der Waals surface area (Å²) in [5, 5.41) is 5.80. The van der Waals surface area contributed by atoms with Gasteiger partial charge in [-0.1, -0.05) is 24.3 Å². The summed E-state index contributed by atoms with van der Waals surface area (Å²) in [7, 11) is 0. The zero-order valence-corrected chi connectivity index (χ0v) is 19.1. The Hall–Kier alpha value is -3.87. The van der Waals surface area contributed by atoms with E-state index in [0.717, 1.165) is 48.1 Å². The molecule has 1 amide bonds. The maximum absolute atomic E-state index is 13.9. The van der Waals surface area contributed by atoms with Crippen molar-refractivity contribution in [2.24, 2.45) is 5.92 Å². The number of nitrogens with zero attached hydrogens (tertiary/aromatic N) is 5. The van der Waals surface area contributed by atoms with E-state index in [0.29, 0.717) is 29.5 Å². The molecule has 3 aliphatic rings. The Morgan fingerprint density at radius 1 is 1.06 bits per heavy atom. The minimum absolute atomic E-state index is 0.0439. The molecule has 2 saturated heterocycles. The number of aryl methyl sites for hydroxylation is 1. The lowest BCUT2D eigenvalue weighted by Crippen LogP contribution is -2.67. The molecular weight excluding hydrogens is 424 g/mol. The molecule has 0 radical (unpaired) electrons. The van der Waals surface area contributed by atoms with E-state index in [2.05, 4.69) is 43.5 Å². The Morgan fingerprint density at radius 2 is 1.85 bits per heavy atom. The number of hydrogen-bond acceptors (Lipinski definition) is 6. The van der Waals surface area contributed by atoms with Crippen LogP contribution in [0.1, 0.15) is 35.4 Å². The third kappa shape index (κ3) is 3.57. The maximum Gasteiger partial charge on any atom is 0.273 e. The first-order chi connectivity index (χ1) is 16.6. The Kier molecular flexibility index (Phi) is 4.98. The van der Waals surface area contributed by atoms with Crippen LogP contribution >= 0.6 is 0 Å². The molecule has 0 unspecified atom stereocenters. The second-order valence-electron chi connectivity index (χ2n) is 9.44. The number of carbonyl (C=O) groups is 1. The van der Waals surface area contributed by atoms with E-state index in [1.165, 1.54) is 0 Å². The molecule has 7 nitrogen and oxygen atoms in total.